The van der Waals surface area contributed by atoms with Crippen LogP contribution in [0.1, 0.15) is 47.6 Å². The Bertz CT molecular complexity index is 1020. The van der Waals surface area contributed by atoms with Gasteiger partial charge in [-0.25, -0.2) is 9.59 Å². The first kappa shape index (κ1) is 24.3. The van der Waals surface area contributed by atoms with Crippen molar-refractivity contribution in [2.75, 3.05) is 26.9 Å². The molecule has 1 aliphatic rings. The van der Waals surface area contributed by atoms with Crippen LogP contribution in [0.15, 0.2) is 55.6 Å². The molecule has 1 amide bonds. The molecule has 3 rings (SSSR count). The van der Waals surface area contributed by atoms with Crippen molar-refractivity contribution in [3.8, 4) is 5.75 Å². The maximum atomic E-state index is 12.4. The number of piperidine rings is 1. The molecular weight excluding hydrogens is 422 g/mol. The van der Waals surface area contributed by atoms with E-state index in [2.05, 4.69) is 13.2 Å². The molecule has 2 aromatic rings. The van der Waals surface area contributed by atoms with Gasteiger partial charge in [-0.05, 0) is 66.3 Å². The number of amides is 1. The Balaban J connectivity index is 2.05. The summed E-state index contributed by atoms with van der Waals surface area (Å²) in [4.78, 5) is 25.9. The molecule has 0 aliphatic carbocycles. The zero-order valence-corrected chi connectivity index (χ0v) is 19.0. The number of hydrogen-bond acceptors (Lipinski definition) is 5. The van der Waals surface area contributed by atoms with Crippen LogP contribution in [0.4, 0.5) is 4.79 Å². The van der Waals surface area contributed by atoms with Gasteiger partial charge in [0.15, 0.2) is 0 Å². The first-order valence-corrected chi connectivity index (χ1v) is 11.1. The highest BCUT2D eigenvalue weighted by Crippen LogP contribution is 2.38. The van der Waals surface area contributed by atoms with Crippen molar-refractivity contribution in [2.24, 2.45) is 0 Å². The number of ether oxygens (including phenoxy) is 3. The number of nitrogens with zero attached hydrogens (tertiary/aromatic N) is 1. The molecule has 2 aromatic carbocycles. The van der Waals surface area contributed by atoms with E-state index in [-0.39, 0.29) is 6.10 Å². The molecule has 2 atom stereocenters. The molecule has 0 aromatic heterocycles. The average molecular weight is 454 g/mol. The third-order valence-corrected chi connectivity index (χ3v) is 5.86. The van der Waals surface area contributed by atoms with Crippen LogP contribution in [0.2, 0.25) is 0 Å². The van der Waals surface area contributed by atoms with E-state index in [0.29, 0.717) is 49.3 Å². The topological polar surface area (TPSA) is 85.3 Å². The second-order valence-corrected chi connectivity index (χ2v) is 7.94. The monoisotopic (exact) mass is 453 g/mol. The van der Waals surface area contributed by atoms with E-state index in [1.54, 1.807) is 12.1 Å². The first-order chi connectivity index (χ1) is 16.0. The Morgan fingerprint density at radius 2 is 2.00 bits per heavy atom. The van der Waals surface area contributed by atoms with Crippen LogP contribution in [0, 0.1) is 0 Å². The molecule has 0 radical (unpaired) electrons. The number of carbonyl (C=O) groups excluding carboxylic acids is 1. The molecule has 176 valence electrons. The minimum atomic E-state index is -0.982. The molecule has 1 heterocycles. The lowest BCUT2D eigenvalue weighted by Gasteiger charge is -2.38. The zero-order valence-electron chi connectivity index (χ0n) is 19.0. The fourth-order valence-electron chi connectivity index (χ4n) is 4.25. The van der Waals surface area contributed by atoms with Crippen LogP contribution in [0.5, 0.6) is 5.75 Å². The van der Waals surface area contributed by atoms with Crippen LogP contribution in [-0.2, 0) is 9.47 Å². The van der Waals surface area contributed by atoms with Crippen LogP contribution < -0.4 is 4.74 Å². The summed E-state index contributed by atoms with van der Waals surface area (Å²) in [7, 11) is 1.34. The number of allylic oxidation sites excluding steroid dienone is 1. The highest BCUT2D eigenvalue weighted by molar-refractivity contribution is 6.06. The van der Waals surface area contributed by atoms with Gasteiger partial charge in [0, 0.05) is 6.54 Å². The number of esters is 1. The molecule has 1 aliphatic heterocycles. The second-order valence-electron chi connectivity index (χ2n) is 7.94. The number of likely N-dealkylation sites (tertiary alicyclic amines) is 1. The smallest absolute Gasteiger partial charge is 0.407 e. The second kappa shape index (κ2) is 11.5. The minimum absolute atomic E-state index is 0.0859. The molecule has 1 unspecified atom stereocenters. The predicted octanol–water partition coefficient (Wildman–Crippen LogP) is 5.36. The fourth-order valence-corrected chi connectivity index (χ4v) is 4.25. The van der Waals surface area contributed by atoms with Gasteiger partial charge >= 0.3 is 12.1 Å². The summed E-state index contributed by atoms with van der Waals surface area (Å²) >= 11 is 0. The highest BCUT2D eigenvalue weighted by atomic mass is 16.5. The van der Waals surface area contributed by atoms with Gasteiger partial charge in [0.2, 0.25) is 0 Å². The van der Waals surface area contributed by atoms with Gasteiger partial charge in [0.25, 0.3) is 0 Å². The molecule has 1 fully saturated rings. The fraction of sp³-hybridized carbons (Fsp3) is 0.385. The number of fused-ring (bicyclic) bond motifs is 1. The van der Waals surface area contributed by atoms with Gasteiger partial charge in [0.05, 0.1) is 38.0 Å². The van der Waals surface area contributed by atoms with E-state index in [1.807, 2.05) is 30.3 Å². The Labute approximate surface area is 194 Å². The molecule has 1 N–H and O–H groups in total. The summed E-state index contributed by atoms with van der Waals surface area (Å²) < 4.78 is 16.7. The minimum Gasteiger partial charge on any atom is -0.494 e. The number of hydrogen-bond donors (Lipinski definition) is 1. The number of rotatable bonds is 10. The molecule has 0 spiro atoms. The molecule has 0 saturated carbocycles. The van der Waals surface area contributed by atoms with Crippen LogP contribution in [0.3, 0.4) is 0 Å². The Morgan fingerprint density at radius 3 is 2.70 bits per heavy atom. The molecule has 33 heavy (non-hydrogen) atoms. The van der Waals surface area contributed by atoms with Crippen molar-refractivity contribution >= 4 is 22.8 Å². The molecule has 0 bridgehead atoms. The van der Waals surface area contributed by atoms with E-state index in [9.17, 15) is 14.7 Å². The van der Waals surface area contributed by atoms with Gasteiger partial charge in [-0.2, -0.15) is 0 Å². The summed E-state index contributed by atoms with van der Waals surface area (Å²) in [5, 5.41) is 11.3. The van der Waals surface area contributed by atoms with E-state index < -0.39 is 18.1 Å². The van der Waals surface area contributed by atoms with E-state index in [0.717, 1.165) is 23.8 Å². The number of benzene rings is 2. The predicted molar refractivity (Wildman–Crippen MR) is 127 cm³/mol. The van der Waals surface area contributed by atoms with Gasteiger partial charge in [0.1, 0.15) is 5.75 Å². The molecular formula is C26H31NO6. The maximum absolute atomic E-state index is 12.4. The van der Waals surface area contributed by atoms with Crippen molar-refractivity contribution in [1.82, 2.24) is 4.90 Å². The largest absolute Gasteiger partial charge is 0.494 e. The Morgan fingerprint density at radius 1 is 1.18 bits per heavy atom. The SMILES string of the molecule is C=CCCCOc1ccc2c(C(=O)OC)ccc([C@@H]3CC(OCC=C)CCN3C(=O)O)c2c1. The molecule has 7 heteroatoms. The highest BCUT2D eigenvalue weighted by Gasteiger charge is 2.34. The Hall–Kier alpha value is -3.32. The summed E-state index contributed by atoms with van der Waals surface area (Å²) in [5.41, 5.74) is 1.23. The standard InChI is InChI=1S/C26H31NO6/c1-4-6-7-15-33-18-8-9-20-22(25(28)31-3)11-10-21(23(20)16-18)24-17-19(32-14-5-2)12-13-27(24)26(29)30/h4-5,8-11,16,19,24H,1-2,6-7,12-15,17H2,3H3,(H,29,30)/t19?,24-/m0/s1. The van der Waals surface area contributed by atoms with Crippen molar-refractivity contribution < 1.29 is 28.9 Å². The Kier molecular flexibility index (Phi) is 8.49. The zero-order chi connectivity index (χ0) is 23.8. The van der Waals surface area contributed by atoms with E-state index in [1.165, 1.54) is 12.0 Å². The third kappa shape index (κ3) is 5.73. The normalized spacial score (nSPS) is 18.0. The quantitative estimate of drug-likeness (QED) is 0.296. The van der Waals surface area contributed by atoms with Crippen molar-refractivity contribution in [3.63, 3.8) is 0 Å². The van der Waals surface area contributed by atoms with Crippen molar-refractivity contribution in [3.05, 3.63) is 66.8 Å². The van der Waals surface area contributed by atoms with Crippen LogP contribution >= 0.6 is 0 Å². The summed E-state index contributed by atoms with van der Waals surface area (Å²) in [6.45, 7) is 8.72. The maximum Gasteiger partial charge on any atom is 0.407 e. The molecule has 1 saturated heterocycles. The van der Waals surface area contributed by atoms with Gasteiger partial charge in [-0.1, -0.05) is 18.2 Å². The average Bonchev–Trinajstić information content (AvgIpc) is 2.83. The van der Waals surface area contributed by atoms with Crippen molar-refractivity contribution in [1.29, 1.82) is 0 Å². The number of carboxylic acid groups (broad SMARTS) is 1. The lowest BCUT2D eigenvalue weighted by molar-refractivity contribution is 0.000532. The number of unbranched alkanes of at least 4 members (excludes halogenated alkanes) is 1. The number of methoxy groups -OCH3 is 1. The third-order valence-electron chi connectivity index (χ3n) is 5.86. The summed E-state index contributed by atoms with van der Waals surface area (Å²) in [5.74, 6) is 0.212. The lowest BCUT2D eigenvalue weighted by atomic mass is 9.88. The van der Waals surface area contributed by atoms with Gasteiger partial charge in [-0.3, -0.25) is 0 Å². The van der Waals surface area contributed by atoms with Gasteiger partial charge in [-0.15, -0.1) is 13.2 Å². The summed E-state index contributed by atoms with van der Waals surface area (Å²) in [6, 6.07) is 8.61. The van der Waals surface area contributed by atoms with Gasteiger partial charge < -0.3 is 24.2 Å². The van der Waals surface area contributed by atoms with E-state index in [4.69, 9.17) is 14.2 Å². The van der Waals surface area contributed by atoms with Crippen LogP contribution in [-0.4, -0.2) is 55.0 Å². The first-order valence-electron chi connectivity index (χ1n) is 11.1. The van der Waals surface area contributed by atoms with Crippen molar-refractivity contribution in [2.45, 2.75) is 37.8 Å². The molecule has 7 nitrogen and oxygen atoms in total. The van der Waals surface area contributed by atoms with Crippen LogP contribution in [0.25, 0.3) is 10.8 Å². The number of carbonyl (C=O) groups is 2. The summed E-state index contributed by atoms with van der Waals surface area (Å²) in [6.07, 6.45) is 5.29. The van der Waals surface area contributed by atoms with E-state index >= 15 is 0 Å². The lowest BCUT2D eigenvalue weighted by Crippen LogP contribution is -2.42.